The number of nitro benzene ring substituents is 2. The third kappa shape index (κ3) is 16.0. The largest absolute Gasteiger partial charge is 0.497 e. The normalized spacial score (nSPS) is 12.8. The number of imidazole rings is 3. The van der Waals surface area contributed by atoms with Gasteiger partial charge in [0.05, 0.1) is 84.0 Å². The summed E-state index contributed by atoms with van der Waals surface area (Å²) in [6.45, 7) is 16.0. The zero-order valence-corrected chi connectivity index (χ0v) is 62.7. The number of benzene rings is 9. The van der Waals surface area contributed by atoms with E-state index in [0.717, 1.165) is 106 Å². The van der Waals surface area contributed by atoms with Gasteiger partial charge in [-0.15, -0.1) is 0 Å². The molecule has 0 amide bonds. The van der Waals surface area contributed by atoms with E-state index in [-0.39, 0.29) is 16.3 Å². The first-order valence-electron chi connectivity index (χ1n) is 35.1. The third-order valence-corrected chi connectivity index (χ3v) is 20.3. The van der Waals surface area contributed by atoms with Crippen LogP contribution in [-0.4, -0.2) is 96.6 Å². The van der Waals surface area contributed by atoms with E-state index in [1.165, 1.54) is 17.5 Å². The lowest BCUT2D eigenvalue weighted by atomic mass is 9.78. The molecule has 0 radical (unpaired) electrons. The minimum absolute atomic E-state index is 0.0599. The van der Waals surface area contributed by atoms with Crippen LogP contribution in [0.25, 0.3) is 117 Å². The lowest BCUT2D eigenvalue weighted by Crippen LogP contribution is -2.41. The summed E-state index contributed by atoms with van der Waals surface area (Å²) < 4.78 is 35.1. The molecule has 7 aromatic heterocycles. The quantitative estimate of drug-likeness (QED) is 0.0409. The molecule has 1 aliphatic rings. The molecule has 0 bridgehead atoms. The van der Waals surface area contributed by atoms with Crippen LogP contribution in [-0.2, 0) is 22.9 Å². The van der Waals surface area contributed by atoms with Gasteiger partial charge in [-0.2, -0.15) is 0 Å². The Bertz CT molecular complexity index is 5730. The zero-order valence-electron chi connectivity index (χ0n) is 60.3. The predicted molar refractivity (Wildman–Crippen MR) is 433 cm³/mol. The van der Waals surface area contributed by atoms with E-state index in [2.05, 4.69) is 156 Å². The van der Waals surface area contributed by atoms with E-state index in [1.54, 1.807) is 61.2 Å². The van der Waals surface area contributed by atoms with Crippen molar-refractivity contribution in [3.8, 4) is 62.4 Å². The monoisotopic (exact) mass is 1520 g/mol. The number of aromatic nitrogens is 10. The highest BCUT2D eigenvalue weighted by molar-refractivity contribution is 9.10. The molecule has 1 saturated heterocycles. The Labute approximate surface area is 633 Å². The van der Waals surface area contributed by atoms with Crippen LogP contribution in [0.1, 0.15) is 48.5 Å². The van der Waals surface area contributed by atoms with Crippen molar-refractivity contribution in [1.29, 1.82) is 0 Å². The van der Waals surface area contributed by atoms with Gasteiger partial charge in [-0.25, -0.2) is 15.0 Å². The van der Waals surface area contributed by atoms with Gasteiger partial charge < -0.3 is 27.9 Å². The number of H-pyrrole nitrogens is 1. The lowest BCUT2D eigenvalue weighted by molar-refractivity contribution is -0.385. The van der Waals surface area contributed by atoms with Crippen molar-refractivity contribution >= 4 is 103 Å². The van der Waals surface area contributed by atoms with Crippen LogP contribution in [0.3, 0.4) is 0 Å². The Morgan fingerprint density at radius 1 is 0.435 bits per heavy atom. The van der Waals surface area contributed by atoms with Gasteiger partial charge in [0.15, 0.2) is 0 Å². The SMILES string of the molecule is CC1(C)OB(c2cccc3c2nc(-c2ccncc2)n3-c2ccccc2)OC1(C)C.CCOP(OCC)OCC.O=[N+]([O-])c1ccccc1-c1cccc2c1nc(-c1ccncc1)n2-c1ccccc1.O=[N+]([O-])c1ccccc1Br.c1ccc(-n2c(-c3ccncc3)nc3c4c(ccc32)[nH]c2ccccc24)cc1. The molecule has 24 heteroatoms. The number of nitrogens with one attached hydrogen (secondary N) is 1. The van der Waals surface area contributed by atoms with Crippen molar-refractivity contribution in [3.63, 3.8) is 0 Å². The molecular weight excluding hydrogens is 1440 g/mol. The van der Waals surface area contributed by atoms with Gasteiger partial charge in [-0.05, 0) is 180 Å². The summed E-state index contributed by atoms with van der Waals surface area (Å²) in [5, 5.41) is 24.2. The van der Waals surface area contributed by atoms with E-state index in [4.69, 9.17) is 37.8 Å². The van der Waals surface area contributed by atoms with E-state index in [9.17, 15) is 20.2 Å². The summed E-state index contributed by atoms with van der Waals surface area (Å²) in [5.74, 6) is 2.54. The molecule has 540 valence electrons. The van der Waals surface area contributed by atoms with Crippen molar-refractivity contribution in [2.75, 3.05) is 19.8 Å². The summed E-state index contributed by atoms with van der Waals surface area (Å²) in [6, 6.07) is 80.3. The maximum absolute atomic E-state index is 11.6. The molecule has 21 nitrogen and oxygen atoms in total. The Kier molecular flexibility index (Phi) is 23.3. The van der Waals surface area contributed by atoms with E-state index in [1.807, 2.05) is 154 Å². The predicted octanol–water partition coefficient (Wildman–Crippen LogP) is 20.5. The van der Waals surface area contributed by atoms with Crippen LogP contribution in [0.5, 0.6) is 0 Å². The second-order valence-electron chi connectivity index (χ2n) is 25.5. The highest BCUT2D eigenvalue weighted by Gasteiger charge is 2.52. The zero-order chi connectivity index (χ0) is 75.3. The number of hydrogen-bond acceptors (Lipinski definition) is 15. The fraction of sp³-hybridized carbons (Fsp3) is 0.143. The molecular formula is C84H75BBrN12O9P. The van der Waals surface area contributed by atoms with Crippen molar-refractivity contribution in [2.24, 2.45) is 0 Å². The third-order valence-electron chi connectivity index (χ3n) is 18.2. The molecule has 0 spiro atoms. The van der Waals surface area contributed by atoms with Gasteiger partial charge in [-0.3, -0.25) is 48.9 Å². The van der Waals surface area contributed by atoms with Crippen LogP contribution >= 0.6 is 24.5 Å². The number of fused-ring (bicyclic) bond motifs is 7. The molecule has 0 atom stereocenters. The molecule has 0 saturated carbocycles. The molecule has 8 heterocycles. The molecule has 0 aliphatic carbocycles. The average Bonchev–Trinajstić information content (AvgIpc) is 1.56. The van der Waals surface area contributed by atoms with Crippen LogP contribution in [0.15, 0.2) is 290 Å². The number of halogens is 1. The fourth-order valence-corrected chi connectivity index (χ4v) is 13.8. The van der Waals surface area contributed by atoms with Gasteiger partial charge in [0.25, 0.3) is 11.4 Å². The van der Waals surface area contributed by atoms with Gasteiger partial charge in [0.2, 0.25) is 0 Å². The number of hydrogen-bond donors (Lipinski definition) is 1. The molecule has 9 aromatic carbocycles. The molecule has 17 rings (SSSR count). The maximum atomic E-state index is 11.6. The van der Waals surface area contributed by atoms with Gasteiger partial charge in [0.1, 0.15) is 17.5 Å². The number of para-hydroxylation sites is 8. The molecule has 1 fully saturated rings. The van der Waals surface area contributed by atoms with Gasteiger partial charge >= 0.3 is 15.7 Å². The molecule has 0 unspecified atom stereocenters. The number of pyridine rings is 3. The molecule has 1 aliphatic heterocycles. The first-order chi connectivity index (χ1) is 52.6. The first kappa shape index (κ1) is 74.5. The summed E-state index contributed by atoms with van der Waals surface area (Å²) in [4.78, 5) is 52.1. The molecule has 16 aromatic rings. The van der Waals surface area contributed by atoms with Crippen LogP contribution < -0.4 is 5.46 Å². The van der Waals surface area contributed by atoms with Crippen molar-refractivity contribution in [2.45, 2.75) is 59.7 Å². The Balaban J connectivity index is 0.000000127. The number of nitro groups is 2. The van der Waals surface area contributed by atoms with Crippen molar-refractivity contribution in [1.82, 2.24) is 48.6 Å². The number of aromatic amines is 1. The van der Waals surface area contributed by atoms with Crippen molar-refractivity contribution in [3.05, 3.63) is 311 Å². The summed E-state index contributed by atoms with van der Waals surface area (Å²) in [7, 11) is -1.53. The first-order valence-corrected chi connectivity index (χ1v) is 37.0. The summed E-state index contributed by atoms with van der Waals surface area (Å²) in [5.41, 5.74) is 15.5. The maximum Gasteiger partial charge on any atom is 0.497 e. The second-order valence-corrected chi connectivity index (χ2v) is 27.6. The highest BCUT2D eigenvalue weighted by atomic mass is 79.9. The van der Waals surface area contributed by atoms with Crippen LogP contribution in [0.2, 0.25) is 0 Å². The number of rotatable bonds is 16. The molecule has 108 heavy (non-hydrogen) atoms. The van der Waals surface area contributed by atoms with E-state index < -0.39 is 31.8 Å². The fourth-order valence-electron chi connectivity index (χ4n) is 12.6. The van der Waals surface area contributed by atoms with E-state index in [0.29, 0.717) is 35.4 Å². The smallest absolute Gasteiger partial charge is 0.399 e. The Hall–Kier alpha value is -11.8. The van der Waals surface area contributed by atoms with Crippen LogP contribution in [0.4, 0.5) is 11.4 Å². The van der Waals surface area contributed by atoms with Gasteiger partial charge in [0, 0.05) is 116 Å². The molecule has 1 N–H and O–H groups in total. The summed E-state index contributed by atoms with van der Waals surface area (Å²) in [6.07, 6.45) is 10.7. The standard InChI is InChI=1S/C24H24BN3O2.C24H16N4O2.C24H16N4.C6H4BrNO2.C6H15O3P/c1-23(2)24(3,4)30-25(29-23)19-11-8-12-20-21(19)27-22(17-13-15-26-16-14-17)28(20)18-9-6-5-7-10-18;29-28(30)21-11-5-4-9-19(21)20-10-6-12-22-23(20)26-24(17-13-15-25-16-14-17)27(22)18-7-2-1-3-8-18;1-2-6-17(7-3-1)28-21-11-10-20-22(18-8-4-5-9-19(18)26-20)23(21)27-24(28)16-12-14-25-15-13-16;7-5-3-1-2-4-6(5)8(9)10;1-4-7-10(8-5-2)9-6-3/h5-16H,1-4H3;1-16H;1-15,26H;1-4H;4-6H2,1-3H3. The minimum Gasteiger partial charge on any atom is -0.399 e. The van der Waals surface area contributed by atoms with Crippen molar-refractivity contribution < 1.29 is 32.7 Å². The number of nitrogens with zero attached hydrogens (tertiary/aromatic N) is 11. The van der Waals surface area contributed by atoms with E-state index >= 15 is 0 Å². The minimum atomic E-state index is -1.06. The topological polar surface area (TPSA) is 240 Å². The average molecular weight is 1520 g/mol. The van der Waals surface area contributed by atoms with Crippen LogP contribution in [0, 0.1) is 20.2 Å². The lowest BCUT2D eigenvalue weighted by Gasteiger charge is -2.32. The highest BCUT2D eigenvalue weighted by Crippen LogP contribution is 2.42. The Morgan fingerprint density at radius 3 is 1.31 bits per heavy atom. The summed E-state index contributed by atoms with van der Waals surface area (Å²) >= 11 is 3.06. The second kappa shape index (κ2) is 33.8. The Morgan fingerprint density at radius 2 is 0.833 bits per heavy atom. The van der Waals surface area contributed by atoms with Gasteiger partial charge in [-0.1, -0.05) is 121 Å².